The Balaban J connectivity index is 2.04. The van der Waals surface area contributed by atoms with E-state index >= 15 is 0 Å². The Kier molecular flexibility index (Phi) is 5.18. The van der Waals surface area contributed by atoms with Crippen LogP contribution in [-0.2, 0) is 0 Å². The Morgan fingerprint density at radius 2 is 1.74 bits per heavy atom. The van der Waals surface area contributed by atoms with E-state index in [1.807, 2.05) is 6.07 Å². The summed E-state index contributed by atoms with van der Waals surface area (Å²) in [5.74, 6) is -0.751. The van der Waals surface area contributed by atoms with Crippen LogP contribution in [0, 0.1) is 11.3 Å². The second-order valence-electron chi connectivity index (χ2n) is 4.44. The number of nitriles is 1. The number of carbonyl (C=O) groups is 2. The summed E-state index contributed by atoms with van der Waals surface area (Å²) in [7, 11) is 1.41. The second-order valence-corrected chi connectivity index (χ2v) is 4.88. The number of halogens is 1. The van der Waals surface area contributed by atoms with Gasteiger partial charge in [0.15, 0.2) is 0 Å². The summed E-state index contributed by atoms with van der Waals surface area (Å²) in [4.78, 5) is 24.0. The van der Waals surface area contributed by atoms with Gasteiger partial charge in [-0.05, 0) is 42.5 Å². The van der Waals surface area contributed by atoms with Crippen LogP contribution < -0.4 is 15.6 Å². The van der Waals surface area contributed by atoms with Crippen molar-refractivity contribution in [2.45, 2.75) is 0 Å². The molecule has 0 aliphatic heterocycles. The summed E-state index contributed by atoms with van der Waals surface area (Å²) in [6.07, 6.45) is 0. The average Bonchev–Trinajstić information content (AvgIpc) is 2.59. The van der Waals surface area contributed by atoms with Crippen molar-refractivity contribution in [3.63, 3.8) is 0 Å². The number of ether oxygens (including phenoxy) is 1. The number of nitrogens with zero attached hydrogens (tertiary/aromatic N) is 1. The molecule has 0 fully saturated rings. The number of amides is 2. The standard InChI is InChI=1S/C16H12ClN3O3/c1-23-14-8-12(17)6-7-13(14)16(22)20-19-15(21)11-4-2-10(9-18)3-5-11/h2-8H,1H3,(H,19,21)(H,20,22). The van der Waals surface area contributed by atoms with Crippen molar-refractivity contribution >= 4 is 23.4 Å². The first-order valence-electron chi connectivity index (χ1n) is 6.49. The van der Waals surface area contributed by atoms with Crippen molar-refractivity contribution in [2.24, 2.45) is 0 Å². The van der Waals surface area contributed by atoms with Crippen LogP contribution >= 0.6 is 11.6 Å². The first-order chi connectivity index (χ1) is 11.0. The average molecular weight is 330 g/mol. The molecule has 6 nitrogen and oxygen atoms in total. The van der Waals surface area contributed by atoms with Gasteiger partial charge in [-0.15, -0.1) is 0 Å². The lowest BCUT2D eigenvalue weighted by Crippen LogP contribution is -2.41. The van der Waals surface area contributed by atoms with Gasteiger partial charge in [-0.3, -0.25) is 20.4 Å². The number of hydrazine groups is 1. The van der Waals surface area contributed by atoms with Crippen LogP contribution in [0.25, 0.3) is 0 Å². The number of hydrogen-bond acceptors (Lipinski definition) is 4. The van der Waals surface area contributed by atoms with Crippen LogP contribution in [0.15, 0.2) is 42.5 Å². The van der Waals surface area contributed by atoms with Gasteiger partial charge < -0.3 is 4.74 Å². The highest BCUT2D eigenvalue weighted by molar-refractivity contribution is 6.30. The predicted molar refractivity (Wildman–Crippen MR) is 84.1 cm³/mol. The smallest absolute Gasteiger partial charge is 0.273 e. The maximum atomic E-state index is 12.1. The van der Waals surface area contributed by atoms with E-state index in [2.05, 4.69) is 10.9 Å². The van der Waals surface area contributed by atoms with Gasteiger partial charge in [-0.25, -0.2) is 0 Å². The Morgan fingerprint density at radius 3 is 2.35 bits per heavy atom. The lowest BCUT2D eigenvalue weighted by Gasteiger charge is -2.10. The van der Waals surface area contributed by atoms with Crippen LogP contribution in [-0.4, -0.2) is 18.9 Å². The third kappa shape index (κ3) is 3.99. The van der Waals surface area contributed by atoms with Gasteiger partial charge in [-0.2, -0.15) is 5.26 Å². The molecule has 0 heterocycles. The molecular formula is C16H12ClN3O3. The molecule has 2 aromatic rings. The molecule has 0 spiro atoms. The van der Waals surface area contributed by atoms with Crippen molar-refractivity contribution < 1.29 is 14.3 Å². The van der Waals surface area contributed by atoms with Crippen molar-refractivity contribution in [1.82, 2.24) is 10.9 Å². The lowest BCUT2D eigenvalue weighted by molar-refractivity contribution is 0.0845. The lowest BCUT2D eigenvalue weighted by atomic mass is 10.1. The maximum Gasteiger partial charge on any atom is 0.273 e. The van der Waals surface area contributed by atoms with Crippen molar-refractivity contribution in [1.29, 1.82) is 5.26 Å². The highest BCUT2D eigenvalue weighted by Crippen LogP contribution is 2.22. The Labute approximate surface area is 137 Å². The second kappa shape index (κ2) is 7.29. The molecule has 0 aliphatic rings. The first-order valence-corrected chi connectivity index (χ1v) is 6.87. The van der Waals surface area contributed by atoms with Gasteiger partial charge in [0.25, 0.3) is 11.8 Å². The van der Waals surface area contributed by atoms with Crippen LogP contribution in [0.5, 0.6) is 5.75 Å². The maximum absolute atomic E-state index is 12.1. The molecular weight excluding hydrogens is 318 g/mol. The van der Waals surface area contributed by atoms with Crippen LogP contribution in [0.4, 0.5) is 0 Å². The minimum absolute atomic E-state index is 0.233. The number of carbonyl (C=O) groups excluding carboxylic acids is 2. The van der Waals surface area contributed by atoms with Gasteiger partial charge in [0.05, 0.1) is 24.3 Å². The highest BCUT2D eigenvalue weighted by Gasteiger charge is 2.14. The topological polar surface area (TPSA) is 91.2 Å². The number of benzene rings is 2. The van der Waals surface area contributed by atoms with E-state index in [1.165, 1.54) is 43.5 Å². The van der Waals surface area contributed by atoms with Crippen molar-refractivity contribution in [2.75, 3.05) is 7.11 Å². The fourth-order valence-electron chi connectivity index (χ4n) is 1.80. The third-order valence-electron chi connectivity index (χ3n) is 2.97. The Morgan fingerprint density at radius 1 is 1.09 bits per heavy atom. The van der Waals surface area contributed by atoms with Gasteiger partial charge in [0.2, 0.25) is 0 Å². The molecule has 0 aliphatic carbocycles. The normalized spacial score (nSPS) is 9.61. The molecule has 0 aromatic heterocycles. The largest absolute Gasteiger partial charge is 0.496 e. The number of hydrogen-bond donors (Lipinski definition) is 2. The minimum Gasteiger partial charge on any atom is -0.496 e. The van der Waals surface area contributed by atoms with Crippen molar-refractivity contribution in [3.8, 4) is 11.8 Å². The molecule has 2 N–H and O–H groups in total. The number of nitrogens with one attached hydrogen (secondary N) is 2. The number of rotatable bonds is 3. The van der Waals surface area contributed by atoms with E-state index in [4.69, 9.17) is 21.6 Å². The van der Waals surface area contributed by atoms with Gasteiger partial charge in [0.1, 0.15) is 5.75 Å². The molecule has 0 atom stereocenters. The molecule has 7 heteroatoms. The predicted octanol–water partition coefficient (Wildman–Crippen LogP) is 2.30. The van der Waals surface area contributed by atoms with Gasteiger partial charge in [0, 0.05) is 10.6 Å². The molecule has 2 rings (SSSR count). The van der Waals surface area contributed by atoms with Crippen LogP contribution in [0.2, 0.25) is 5.02 Å². The molecule has 116 valence electrons. The summed E-state index contributed by atoms with van der Waals surface area (Å²) < 4.78 is 5.08. The van der Waals surface area contributed by atoms with E-state index in [-0.39, 0.29) is 5.56 Å². The summed E-state index contributed by atoms with van der Waals surface area (Å²) in [5, 5.41) is 9.14. The molecule has 0 saturated carbocycles. The Hall–Kier alpha value is -3.04. The van der Waals surface area contributed by atoms with Crippen molar-refractivity contribution in [3.05, 3.63) is 64.2 Å². The third-order valence-corrected chi connectivity index (χ3v) is 3.21. The van der Waals surface area contributed by atoms with Crippen LogP contribution in [0.1, 0.15) is 26.3 Å². The highest BCUT2D eigenvalue weighted by atomic mass is 35.5. The van der Waals surface area contributed by atoms with Crippen LogP contribution in [0.3, 0.4) is 0 Å². The quantitative estimate of drug-likeness (QED) is 0.845. The zero-order valence-electron chi connectivity index (χ0n) is 12.1. The fourth-order valence-corrected chi connectivity index (χ4v) is 1.96. The molecule has 2 amide bonds. The van der Waals surface area contributed by atoms with Gasteiger partial charge >= 0.3 is 0 Å². The van der Waals surface area contributed by atoms with E-state index < -0.39 is 11.8 Å². The molecule has 2 aromatic carbocycles. The molecule has 0 saturated heterocycles. The molecule has 23 heavy (non-hydrogen) atoms. The molecule has 0 bridgehead atoms. The summed E-state index contributed by atoms with van der Waals surface area (Å²) >= 11 is 5.83. The van der Waals surface area contributed by atoms with Gasteiger partial charge in [-0.1, -0.05) is 11.6 Å². The van der Waals surface area contributed by atoms with E-state index in [0.29, 0.717) is 21.9 Å². The van der Waals surface area contributed by atoms with E-state index in [9.17, 15) is 9.59 Å². The minimum atomic E-state index is -0.541. The Bertz CT molecular complexity index is 782. The summed E-state index contributed by atoms with van der Waals surface area (Å²) in [6, 6.07) is 12.5. The van der Waals surface area contributed by atoms with E-state index in [1.54, 1.807) is 6.07 Å². The zero-order chi connectivity index (χ0) is 16.8. The molecule has 0 radical (unpaired) electrons. The summed E-state index contributed by atoms with van der Waals surface area (Å²) in [6.45, 7) is 0. The monoisotopic (exact) mass is 329 g/mol. The SMILES string of the molecule is COc1cc(Cl)ccc1C(=O)NNC(=O)c1ccc(C#N)cc1. The fraction of sp³-hybridized carbons (Fsp3) is 0.0625. The van der Waals surface area contributed by atoms with E-state index in [0.717, 1.165) is 0 Å². The number of methoxy groups -OCH3 is 1. The molecule has 0 unspecified atom stereocenters. The summed E-state index contributed by atoms with van der Waals surface area (Å²) in [5.41, 5.74) is 5.57. The zero-order valence-corrected chi connectivity index (χ0v) is 12.8. The first kappa shape index (κ1) is 16.3.